The molecule has 1 aliphatic heterocycles. The fraction of sp³-hybridized carbons (Fsp3) is 0.296. The van der Waals surface area contributed by atoms with Crippen LogP contribution in [0.2, 0.25) is 0 Å². The first-order valence-electron chi connectivity index (χ1n) is 12.1. The van der Waals surface area contributed by atoms with Gasteiger partial charge in [0.1, 0.15) is 11.6 Å². The number of anilines is 6. The molecule has 1 aliphatic rings. The van der Waals surface area contributed by atoms with Crippen LogP contribution in [0.1, 0.15) is 12.5 Å². The molecule has 0 radical (unpaired) electrons. The molecule has 0 unspecified atom stereocenters. The number of rotatable bonds is 9. The normalized spacial score (nSPS) is 13.7. The maximum Gasteiger partial charge on any atom is 0.247 e. The Hall–Kier alpha value is -4.11. The minimum absolute atomic E-state index is 0.264. The van der Waals surface area contributed by atoms with Gasteiger partial charge in [0.05, 0.1) is 12.8 Å². The van der Waals surface area contributed by atoms with Gasteiger partial charge in [-0.1, -0.05) is 19.6 Å². The Morgan fingerprint density at radius 2 is 1.89 bits per heavy atom. The number of aromatic nitrogens is 2. The van der Waals surface area contributed by atoms with Gasteiger partial charge in [0.2, 0.25) is 11.9 Å². The Balaban J connectivity index is 1.49. The molecule has 188 valence electrons. The SMILES string of the molecule is C=CC(=O)Nc1cccc(Nc2nc(Nc3ccc(N4CCN(CC)CC4)cc3OC)ncc2C)c1. The molecule has 0 atom stereocenters. The minimum atomic E-state index is -0.264. The molecular weight excluding hydrogens is 454 g/mol. The first kappa shape index (κ1) is 25.0. The summed E-state index contributed by atoms with van der Waals surface area (Å²) in [5.74, 6) is 1.57. The number of carbonyl (C=O) groups is 1. The van der Waals surface area contributed by atoms with Gasteiger partial charge < -0.3 is 30.5 Å². The van der Waals surface area contributed by atoms with Crippen molar-refractivity contribution in [2.45, 2.75) is 13.8 Å². The quantitative estimate of drug-likeness (QED) is 0.379. The largest absolute Gasteiger partial charge is 0.494 e. The minimum Gasteiger partial charge on any atom is -0.494 e. The van der Waals surface area contributed by atoms with Gasteiger partial charge in [-0.2, -0.15) is 4.98 Å². The Morgan fingerprint density at radius 1 is 1.11 bits per heavy atom. The van der Waals surface area contributed by atoms with E-state index in [1.54, 1.807) is 13.3 Å². The van der Waals surface area contributed by atoms with Gasteiger partial charge in [-0.15, -0.1) is 0 Å². The van der Waals surface area contributed by atoms with Gasteiger partial charge >= 0.3 is 0 Å². The lowest BCUT2D eigenvalue weighted by Gasteiger charge is -2.35. The van der Waals surface area contributed by atoms with Crippen LogP contribution in [0.15, 0.2) is 61.3 Å². The fourth-order valence-electron chi connectivity index (χ4n) is 4.06. The van der Waals surface area contributed by atoms with Crippen LogP contribution < -0.4 is 25.6 Å². The standard InChI is InChI=1S/C27H33N7O2/c1-5-25(35)29-20-8-7-9-21(16-20)30-26-19(3)18-28-27(32-26)31-23-11-10-22(17-24(23)36-4)34-14-12-33(6-2)13-15-34/h5,7-11,16-18H,1,6,12-15H2,2-4H3,(H,29,35)(H2,28,30,31,32). The lowest BCUT2D eigenvalue weighted by Crippen LogP contribution is -2.46. The van der Waals surface area contributed by atoms with Crippen molar-refractivity contribution >= 4 is 40.4 Å². The smallest absolute Gasteiger partial charge is 0.247 e. The van der Waals surface area contributed by atoms with Crippen LogP contribution >= 0.6 is 0 Å². The predicted octanol–water partition coefficient (Wildman–Crippen LogP) is 4.55. The molecule has 4 rings (SSSR count). The van der Waals surface area contributed by atoms with Crippen molar-refractivity contribution in [3.63, 3.8) is 0 Å². The summed E-state index contributed by atoms with van der Waals surface area (Å²) in [6.45, 7) is 12.8. The summed E-state index contributed by atoms with van der Waals surface area (Å²) < 4.78 is 5.68. The summed E-state index contributed by atoms with van der Waals surface area (Å²) in [6, 6.07) is 13.6. The summed E-state index contributed by atoms with van der Waals surface area (Å²) in [5.41, 5.74) is 4.27. The number of nitrogens with one attached hydrogen (secondary N) is 3. The summed E-state index contributed by atoms with van der Waals surface area (Å²) in [5, 5.41) is 9.36. The Labute approximate surface area is 212 Å². The second kappa shape index (κ2) is 11.5. The molecule has 2 aromatic carbocycles. The highest BCUT2D eigenvalue weighted by atomic mass is 16.5. The predicted molar refractivity (Wildman–Crippen MR) is 146 cm³/mol. The highest BCUT2D eigenvalue weighted by Crippen LogP contribution is 2.32. The summed E-state index contributed by atoms with van der Waals surface area (Å²) in [7, 11) is 1.67. The van der Waals surface area contributed by atoms with Gasteiger partial charge in [-0.05, 0) is 49.9 Å². The van der Waals surface area contributed by atoms with Crippen molar-refractivity contribution in [2.24, 2.45) is 0 Å². The second-order valence-corrected chi connectivity index (χ2v) is 8.56. The van der Waals surface area contributed by atoms with E-state index in [0.29, 0.717) is 17.5 Å². The summed E-state index contributed by atoms with van der Waals surface area (Å²) in [4.78, 5) is 25.6. The van der Waals surface area contributed by atoms with E-state index < -0.39 is 0 Å². The molecule has 0 spiro atoms. The van der Waals surface area contributed by atoms with E-state index in [4.69, 9.17) is 4.74 Å². The first-order chi connectivity index (χ1) is 17.5. The molecule has 0 saturated carbocycles. The third kappa shape index (κ3) is 6.11. The number of piperazine rings is 1. The van der Waals surface area contributed by atoms with Crippen LogP contribution in [-0.4, -0.2) is 60.6 Å². The number of hydrogen-bond donors (Lipinski definition) is 3. The maximum absolute atomic E-state index is 11.6. The zero-order valence-corrected chi connectivity index (χ0v) is 21.0. The average molecular weight is 488 g/mol. The lowest BCUT2D eigenvalue weighted by molar-refractivity contribution is -0.111. The monoisotopic (exact) mass is 487 g/mol. The van der Waals surface area contributed by atoms with E-state index in [1.807, 2.05) is 37.3 Å². The molecule has 1 saturated heterocycles. The highest BCUT2D eigenvalue weighted by Gasteiger charge is 2.17. The lowest BCUT2D eigenvalue weighted by atomic mass is 10.2. The molecule has 0 aliphatic carbocycles. The fourth-order valence-corrected chi connectivity index (χ4v) is 4.06. The van der Waals surface area contributed by atoms with Gasteiger partial charge in [0, 0.05) is 61.1 Å². The van der Waals surface area contributed by atoms with Crippen LogP contribution in [0.5, 0.6) is 5.75 Å². The van der Waals surface area contributed by atoms with Crippen molar-refractivity contribution < 1.29 is 9.53 Å². The summed E-state index contributed by atoms with van der Waals surface area (Å²) in [6.07, 6.45) is 2.99. The topological polar surface area (TPSA) is 94.6 Å². The molecule has 1 amide bonds. The van der Waals surface area contributed by atoms with Gasteiger partial charge in [-0.25, -0.2) is 4.98 Å². The van der Waals surface area contributed by atoms with Crippen LogP contribution in [0.3, 0.4) is 0 Å². The van der Waals surface area contributed by atoms with E-state index in [9.17, 15) is 4.79 Å². The molecule has 3 N–H and O–H groups in total. The van der Waals surface area contributed by atoms with E-state index in [1.165, 1.54) is 6.08 Å². The van der Waals surface area contributed by atoms with Crippen molar-refractivity contribution in [2.75, 3.05) is 60.7 Å². The van der Waals surface area contributed by atoms with Crippen molar-refractivity contribution in [3.05, 3.63) is 66.9 Å². The number of amides is 1. The second-order valence-electron chi connectivity index (χ2n) is 8.56. The number of nitrogens with zero attached hydrogens (tertiary/aromatic N) is 4. The molecule has 2 heterocycles. The Kier molecular flexibility index (Phi) is 8.02. The Bertz CT molecular complexity index is 1220. The maximum atomic E-state index is 11.6. The van der Waals surface area contributed by atoms with E-state index in [-0.39, 0.29) is 5.91 Å². The molecule has 9 heteroatoms. The van der Waals surface area contributed by atoms with E-state index in [0.717, 1.165) is 61.1 Å². The van der Waals surface area contributed by atoms with Gasteiger partial charge in [0.15, 0.2) is 0 Å². The zero-order chi connectivity index (χ0) is 25.5. The number of carbonyl (C=O) groups excluding carboxylic acids is 1. The van der Waals surface area contributed by atoms with E-state index in [2.05, 4.69) is 61.4 Å². The molecular formula is C27H33N7O2. The molecule has 9 nitrogen and oxygen atoms in total. The van der Waals surface area contributed by atoms with Crippen molar-refractivity contribution in [1.82, 2.24) is 14.9 Å². The zero-order valence-electron chi connectivity index (χ0n) is 21.0. The molecule has 1 fully saturated rings. The first-order valence-corrected chi connectivity index (χ1v) is 12.1. The number of benzene rings is 2. The van der Waals surface area contributed by atoms with E-state index >= 15 is 0 Å². The molecule has 3 aromatic rings. The number of ether oxygens (including phenoxy) is 1. The van der Waals surface area contributed by atoms with Crippen LogP contribution in [0, 0.1) is 6.92 Å². The third-order valence-corrected chi connectivity index (χ3v) is 6.17. The average Bonchev–Trinajstić information content (AvgIpc) is 2.91. The van der Waals surface area contributed by atoms with Crippen LogP contribution in [0.25, 0.3) is 0 Å². The molecule has 36 heavy (non-hydrogen) atoms. The van der Waals surface area contributed by atoms with Crippen molar-refractivity contribution in [1.29, 1.82) is 0 Å². The third-order valence-electron chi connectivity index (χ3n) is 6.17. The van der Waals surface area contributed by atoms with Crippen molar-refractivity contribution in [3.8, 4) is 5.75 Å². The molecule has 1 aromatic heterocycles. The Morgan fingerprint density at radius 3 is 2.61 bits per heavy atom. The summed E-state index contributed by atoms with van der Waals surface area (Å²) >= 11 is 0. The number of likely N-dealkylation sites (N-methyl/N-ethyl adjacent to an activating group) is 1. The highest BCUT2D eigenvalue weighted by molar-refractivity contribution is 5.99. The number of methoxy groups -OCH3 is 1. The molecule has 0 bridgehead atoms. The number of aryl methyl sites for hydroxylation is 1. The van der Waals surface area contributed by atoms with Gasteiger partial charge in [-0.3, -0.25) is 4.79 Å². The van der Waals surface area contributed by atoms with Crippen LogP contribution in [-0.2, 0) is 4.79 Å². The van der Waals surface area contributed by atoms with Crippen LogP contribution in [0.4, 0.5) is 34.5 Å². The number of hydrogen-bond acceptors (Lipinski definition) is 8. The van der Waals surface area contributed by atoms with Gasteiger partial charge in [0.25, 0.3) is 0 Å².